The van der Waals surface area contributed by atoms with Gasteiger partial charge in [-0.25, -0.2) is 4.79 Å². The Labute approximate surface area is 142 Å². The van der Waals surface area contributed by atoms with Gasteiger partial charge in [0.25, 0.3) is 0 Å². The van der Waals surface area contributed by atoms with Crippen LogP contribution in [0.1, 0.15) is 15.9 Å². The first-order valence-electron chi connectivity index (χ1n) is 7.72. The maximum Gasteiger partial charge on any atom is 0.338 e. The number of hydrogen-bond acceptors (Lipinski definition) is 2. The minimum absolute atomic E-state index is 0.257. The first-order chi connectivity index (χ1) is 11.7. The number of carbonyl (C=O) groups is 1. The quantitative estimate of drug-likeness (QED) is 0.479. The standard InChI is InChI=1S/C20H12ClNO2/c21-12-7-5-11(6-8-12)18-16-10-24-20(23)15(16)9-14-13-3-1-2-4-17(13)22-19(14)18/h1-9,22H,10H2. The molecule has 0 bridgehead atoms. The molecule has 0 fully saturated rings. The molecule has 0 saturated heterocycles. The summed E-state index contributed by atoms with van der Waals surface area (Å²) in [6.07, 6.45) is 0. The number of carbonyl (C=O) groups excluding carboxylic acids is 1. The number of aromatic nitrogens is 1. The van der Waals surface area contributed by atoms with Crippen molar-refractivity contribution >= 4 is 39.4 Å². The molecule has 4 heteroatoms. The maximum absolute atomic E-state index is 12.2. The first kappa shape index (κ1) is 13.6. The maximum atomic E-state index is 12.2. The van der Waals surface area contributed by atoms with Crippen molar-refractivity contribution in [3.05, 3.63) is 70.7 Å². The number of nitrogens with one attached hydrogen (secondary N) is 1. The third kappa shape index (κ3) is 1.82. The predicted molar refractivity (Wildman–Crippen MR) is 95.4 cm³/mol. The second-order valence-electron chi connectivity index (χ2n) is 5.95. The summed E-state index contributed by atoms with van der Waals surface area (Å²) in [5.74, 6) is -0.257. The van der Waals surface area contributed by atoms with Crippen LogP contribution in [0.15, 0.2) is 54.6 Å². The molecule has 4 aromatic rings. The summed E-state index contributed by atoms with van der Waals surface area (Å²) < 4.78 is 5.28. The number of para-hydroxylation sites is 1. The van der Waals surface area contributed by atoms with Gasteiger partial charge in [-0.1, -0.05) is 41.9 Å². The summed E-state index contributed by atoms with van der Waals surface area (Å²) in [5, 5.41) is 2.82. The second kappa shape index (κ2) is 4.86. The number of fused-ring (bicyclic) bond motifs is 4. The lowest BCUT2D eigenvalue weighted by Gasteiger charge is -2.09. The van der Waals surface area contributed by atoms with E-state index in [1.54, 1.807) is 0 Å². The van der Waals surface area contributed by atoms with E-state index in [1.807, 2.05) is 48.5 Å². The van der Waals surface area contributed by atoms with Gasteiger partial charge in [-0.15, -0.1) is 0 Å². The van der Waals surface area contributed by atoms with Crippen molar-refractivity contribution in [1.82, 2.24) is 4.98 Å². The summed E-state index contributed by atoms with van der Waals surface area (Å²) >= 11 is 6.04. The fourth-order valence-corrected chi connectivity index (χ4v) is 3.64. The zero-order valence-electron chi connectivity index (χ0n) is 12.6. The number of aromatic amines is 1. The molecule has 1 aliphatic rings. The van der Waals surface area contributed by atoms with Gasteiger partial charge in [0.1, 0.15) is 6.61 Å². The Morgan fingerprint density at radius 2 is 1.79 bits per heavy atom. The van der Waals surface area contributed by atoms with Crippen LogP contribution in [-0.2, 0) is 11.3 Å². The van der Waals surface area contributed by atoms with Crippen molar-refractivity contribution in [3.63, 3.8) is 0 Å². The van der Waals surface area contributed by atoms with Crippen LogP contribution in [0.5, 0.6) is 0 Å². The van der Waals surface area contributed by atoms with E-state index in [-0.39, 0.29) is 5.97 Å². The molecular formula is C20H12ClNO2. The smallest absolute Gasteiger partial charge is 0.338 e. The SMILES string of the molecule is O=C1OCc2c1cc1c([nH]c3ccccc31)c2-c1ccc(Cl)cc1. The number of H-pyrrole nitrogens is 1. The molecular weight excluding hydrogens is 322 g/mol. The molecule has 2 heterocycles. The van der Waals surface area contributed by atoms with Crippen LogP contribution in [0.25, 0.3) is 32.9 Å². The van der Waals surface area contributed by atoms with Gasteiger partial charge in [-0.3, -0.25) is 0 Å². The summed E-state index contributed by atoms with van der Waals surface area (Å²) in [6.45, 7) is 0.303. The number of halogens is 1. The largest absolute Gasteiger partial charge is 0.457 e. The first-order valence-corrected chi connectivity index (χ1v) is 8.09. The molecule has 5 rings (SSSR count). The summed E-state index contributed by atoms with van der Waals surface area (Å²) in [7, 11) is 0. The van der Waals surface area contributed by atoms with E-state index >= 15 is 0 Å². The number of hydrogen-bond donors (Lipinski definition) is 1. The van der Waals surface area contributed by atoms with Crippen LogP contribution >= 0.6 is 11.6 Å². The van der Waals surface area contributed by atoms with Gasteiger partial charge in [0, 0.05) is 32.4 Å². The Morgan fingerprint density at radius 3 is 2.62 bits per heavy atom. The van der Waals surface area contributed by atoms with Crippen LogP contribution in [0, 0.1) is 0 Å². The van der Waals surface area contributed by atoms with Gasteiger partial charge in [0.15, 0.2) is 0 Å². The zero-order valence-corrected chi connectivity index (χ0v) is 13.4. The third-order valence-corrected chi connectivity index (χ3v) is 4.86. The normalized spacial score (nSPS) is 13.5. The molecule has 1 N–H and O–H groups in total. The molecule has 0 amide bonds. The monoisotopic (exact) mass is 333 g/mol. The lowest BCUT2D eigenvalue weighted by Crippen LogP contribution is -1.95. The van der Waals surface area contributed by atoms with Crippen molar-refractivity contribution in [2.45, 2.75) is 6.61 Å². The molecule has 0 aliphatic carbocycles. The van der Waals surface area contributed by atoms with Crippen molar-refractivity contribution < 1.29 is 9.53 Å². The lowest BCUT2D eigenvalue weighted by molar-refractivity contribution is 0.0535. The van der Waals surface area contributed by atoms with Gasteiger partial charge in [-0.05, 0) is 29.8 Å². The molecule has 3 aromatic carbocycles. The predicted octanol–water partition coefficient (Wildman–Crippen LogP) is 5.31. The van der Waals surface area contributed by atoms with E-state index in [1.165, 1.54) is 0 Å². The van der Waals surface area contributed by atoms with Crippen molar-refractivity contribution in [2.75, 3.05) is 0 Å². The highest BCUT2D eigenvalue weighted by Gasteiger charge is 2.27. The Bertz CT molecular complexity index is 1130. The van der Waals surface area contributed by atoms with Crippen LogP contribution in [0.3, 0.4) is 0 Å². The molecule has 0 unspecified atom stereocenters. The van der Waals surface area contributed by atoms with Crippen LogP contribution in [0.4, 0.5) is 0 Å². The molecule has 0 radical (unpaired) electrons. The van der Waals surface area contributed by atoms with E-state index in [0.717, 1.165) is 38.5 Å². The average Bonchev–Trinajstić information content (AvgIpc) is 3.15. The Kier molecular flexibility index (Phi) is 2.76. The van der Waals surface area contributed by atoms with E-state index < -0.39 is 0 Å². The van der Waals surface area contributed by atoms with E-state index in [2.05, 4.69) is 11.1 Å². The van der Waals surface area contributed by atoms with Crippen molar-refractivity contribution in [2.24, 2.45) is 0 Å². The molecule has 0 saturated carbocycles. The minimum atomic E-state index is -0.257. The second-order valence-corrected chi connectivity index (χ2v) is 6.39. The molecule has 1 aliphatic heterocycles. The Balaban J connectivity index is 1.96. The van der Waals surface area contributed by atoms with Gasteiger partial charge in [0.2, 0.25) is 0 Å². The van der Waals surface area contributed by atoms with Crippen LogP contribution < -0.4 is 0 Å². The molecule has 0 atom stereocenters. The number of ether oxygens (including phenoxy) is 1. The number of benzene rings is 3. The molecule has 1 aromatic heterocycles. The Morgan fingerprint density at radius 1 is 1.00 bits per heavy atom. The molecule has 24 heavy (non-hydrogen) atoms. The van der Waals surface area contributed by atoms with Crippen LogP contribution in [0.2, 0.25) is 5.02 Å². The van der Waals surface area contributed by atoms with E-state index in [4.69, 9.17) is 16.3 Å². The van der Waals surface area contributed by atoms with E-state index in [9.17, 15) is 4.79 Å². The van der Waals surface area contributed by atoms with Gasteiger partial charge in [-0.2, -0.15) is 0 Å². The summed E-state index contributed by atoms with van der Waals surface area (Å²) in [4.78, 5) is 15.7. The Hall–Kier alpha value is -2.78. The van der Waals surface area contributed by atoms with E-state index in [0.29, 0.717) is 17.2 Å². The highest BCUT2D eigenvalue weighted by atomic mass is 35.5. The lowest BCUT2D eigenvalue weighted by atomic mass is 9.93. The van der Waals surface area contributed by atoms with Crippen molar-refractivity contribution in [1.29, 1.82) is 0 Å². The van der Waals surface area contributed by atoms with Gasteiger partial charge < -0.3 is 9.72 Å². The molecule has 0 spiro atoms. The summed E-state index contributed by atoms with van der Waals surface area (Å²) in [6, 6.07) is 17.7. The average molecular weight is 334 g/mol. The highest BCUT2D eigenvalue weighted by molar-refractivity contribution is 6.30. The molecule has 3 nitrogen and oxygen atoms in total. The topological polar surface area (TPSA) is 42.1 Å². The van der Waals surface area contributed by atoms with Gasteiger partial charge in [0.05, 0.1) is 11.1 Å². The number of rotatable bonds is 1. The van der Waals surface area contributed by atoms with Gasteiger partial charge >= 0.3 is 5.97 Å². The fraction of sp³-hybridized carbons (Fsp3) is 0.0500. The third-order valence-electron chi connectivity index (χ3n) is 4.61. The number of cyclic esters (lactones) is 1. The zero-order chi connectivity index (χ0) is 16.3. The highest BCUT2D eigenvalue weighted by Crippen LogP contribution is 2.40. The molecule has 116 valence electrons. The minimum Gasteiger partial charge on any atom is -0.457 e. The van der Waals surface area contributed by atoms with Crippen molar-refractivity contribution in [3.8, 4) is 11.1 Å². The number of esters is 1. The van der Waals surface area contributed by atoms with Crippen LogP contribution in [-0.4, -0.2) is 11.0 Å². The summed E-state index contributed by atoms with van der Waals surface area (Å²) in [5.41, 5.74) is 5.70. The fourth-order valence-electron chi connectivity index (χ4n) is 3.51.